The van der Waals surface area contributed by atoms with Gasteiger partial charge in [-0.1, -0.05) is 91.0 Å². The van der Waals surface area contributed by atoms with Crippen molar-refractivity contribution >= 4 is 11.4 Å². The predicted molar refractivity (Wildman–Crippen MR) is 262 cm³/mol. The maximum absolute atomic E-state index is 8.56. The zero-order chi connectivity index (χ0) is 46.9. The number of benzene rings is 6. The SMILES string of the molecule is CC(O)CC(C)O.[C-]#[N+]c1c(C)cc(C)c(-n2c(-c3[c-]cccc3)nnc2-c2ccccc2C)c1C.[C-]#[N+]c1c(C)cc(C)c(-n2c(-c3ccccc3)nnc2-c2ccccc2C)c1C.[Ir].[Ir]. The fraction of sp³-hybridized carbons (Fsp3) is 0.236. The molecule has 8 aromatic rings. The normalized spacial score (nSPS) is 11.3. The summed E-state index contributed by atoms with van der Waals surface area (Å²) >= 11 is 0. The van der Waals surface area contributed by atoms with Gasteiger partial charge in [0.05, 0.1) is 31.2 Å². The Hall–Kier alpha value is -6.20. The zero-order valence-electron chi connectivity index (χ0n) is 39.5. The zero-order valence-corrected chi connectivity index (χ0v) is 44.3. The van der Waals surface area contributed by atoms with Gasteiger partial charge in [0.25, 0.3) is 0 Å². The smallest absolute Gasteiger partial charge is 0.195 e. The van der Waals surface area contributed by atoms with Crippen molar-refractivity contribution in [2.45, 2.75) is 87.9 Å². The van der Waals surface area contributed by atoms with Gasteiger partial charge in [-0.2, -0.15) is 5.10 Å². The maximum atomic E-state index is 8.56. The van der Waals surface area contributed by atoms with E-state index in [1.54, 1.807) is 13.8 Å². The number of hydrogen-bond donors (Lipinski definition) is 2. The number of hydrogen-bond acceptors (Lipinski definition) is 6. The number of aromatic nitrogens is 6. The second kappa shape index (κ2) is 24.0. The molecule has 0 saturated heterocycles. The van der Waals surface area contributed by atoms with Gasteiger partial charge in [-0.15, -0.1) is 51.2 Å². The molecule has 0 fully saturated rings. The molecule has 2 N–H and O–H groups in total. The van der Waals surface area contributed by atoms with Crippen molar-refractivity contribution in [3.63, 3.8) is 0 Å². The minimum atomic E-state index is -0.375. The van der Waals surface area contributed by atoms with Crippen LogP contribution in [0.4, 0.5) is 11.4 Å². The van der Waals surface area contributed by atoms with E-state index in [0.717, 1.165) is 101 Å². The molecular weight excluding hydrogens is 1190 g/mol. The van der Waals surface area contributed by atoms with E-state index >= 15 is 0 Å². The Kier molecular flexibility index (Phi) is 19.1. The standard InChI is InChI=1S/C25H22N4.C25H21N4.C5H12O2.2Ir/c2*1-16-11-9-10-14-21(16)25-28-27-24(20-12-7-6-8-13-20)29(25)23-18(3)15-17(2)22(26-5)19(23)4;1-4(6)3-5(2)7;;/h6-15H,1-4H3;6-12,14-15H,1-4H3;4-7H,3H2,1-2H3;;/q;-1;;;. The van der Waals surface area contributed by atoms with Crippen LogP contribution >= 0.6 is 0 Å². The first-order valence-corrected chi connectivity index (χ1v) is 21.6. The molecule has 2 radical (unpaired) electrons. The predicted octanol–water partition coefficient (Wildman–Crippen LogP) is 12.7. The second-order valence-corrected chi connectivity index (χ2v) is 16.5. The summed E-state index contributed by atoms with van der Waals surface area (Å²) in [7, 11) is 0. The number of aliphatic hydroxyl groups is 2. The first kappa shape index (κ1) is 53.4. The average Bonchev–Trinajstić information content (AvgIpc) is 3.90. The summed E-state index contributed by atoms with van der Waals surface area (Å²) in [6, 6.07) is 41.6. The van der Waals surface area contributed by atoms with Crippen LogP contribution in [-0.4, -0.2) is 51.9 Å². The van der Waals surface area contributed by atoms with Crippen molar-refractivity contribution < 1.29 is 50.4 Å². The van der Waals surface area contributed by atoms with Crippen LogP contribution in [0.2, 0.25) is 0 Å². The van der Waals surface area contributed by atoms with E-state index in [2.05, 4.69) is 109 Å². The Labute approximate surface area is 422 Å². The van der Waals surface area contributed by atoms with Gasteiger partial charge in [0.2, 0.25) is 0 Å². The first-order chi connectivity index (χ1) is 31.2. The summed E-state index contributed by atoms with van der Waals surface area (Å²) in [4.78, 5) is 7.59. The van der Waals surface area contributed by atoms with E-state index in [-0.39, 0.29) is 52.4 Å². The van der Waals surface area contributed by atoms with Gasteiger partial charge < -0.3 is 14.8 Å². The summed E-state index contributed by atoms with van der Waals surface area (Å²) in [5.41, 5.74) is 15.5. The van der Waals surface area contributed by atoms with E-state index < -0.39 is 0 Å². The van der Waals surface area contributed by atoms with Crippen LogP contribution in [-0.2, 0) is 40.2 Å². The topological polar surface area (TPSA) is 111 Å². The first-order valence-electron chi connectivity index (χ1n) is 21.6. The summed E-state index contributed by atoms with van der Waals surface area (Å²) in [6.07, 6.45) is -0.278. The summed E-state index contributed by atoms with van der Waals surface area (Å²) in [5.74, 6) is 3.04. The molecule has 2 aromatic heterocycles. The molecule has 8 rings (SSSR count). The molecule has 0 aliphatic rings. The summed E-state index contributed by atoms with van der Waals surface area (Å²) < 4.78 is 4.18. The van der Waals surface area contributed by atoms with E-state index in [0.29, 0.717) is 17.8 Å². The molecule has 2 heterocycles. The minimum Gasteiger partial charge on any atom is -0.393 e. The third-order valence-electron chi connectivity index (χ3n) is 11.2. The molecule has 346 valence electrons. The number of rotatable bonds is 8. The minimum absolute atomic E-state index is 0. The quantitative estimate of drug-likeness (QED) is 0.147. The second-order valence-electron chi connectivity index (χ2n) is 16.5. The van der Waals surface area contributed by atoms with Crippen LogP contribution in [0.15, 0.2) is 115 Å². The van der Waals surface area contributed by atoms with Crippen LogP contribution in [0.3, 0.4) is 0 Å². The van der Waals surface area contributed by atoms with Crippen LogP contribution in [0.5, 0.6) is 0 Å². The van der Waals surface area contributed by atoms with Gasteiger partial charge in [-0.3, -0.25) is 4.57 Å². The maximum Gasteiger partial charge on any atom is 0.195 e. The van der Waals surface area contributed by atoms with Crippen molar-refractivity contribution in [3.05, 3.63) is 189 Å². The summed E-state index contributed by atoms with van der Waals surface area (Å²) in [5, 5.41) is 35.4. The fourth-order valence-corrected chi connectivity index (χ4v) is 8.33. The van der Waals surface area contributed by atoms with Crippen molar-refractivity contribution in [3.8, 4) is 56.9 Å². The molecule has 0 bridgehead atoms. The monoisotopic (exact) mass is 1250 g/mol. The molecule has 10 nitrogen and oxygen atoms in total. The molecule has 12 heteroatoms. The molecular formula is C55H55Ir2N8O2-. The number of aliphatic hydroxyl groups excluding tert-OH is 2. The van der Waals surface area contributed by atoms with Gasteiger partial charge in [0.1, 0.15) is 0 Å². The molecule has 0 aliphatic carbocycles. The molecule has 0 aliphatic heterocycles. The Morgan fingerprint density at radius 2 is 0.910 bits per heavy atom. The molecule has 2 atom stereocenters. The van der Waals surface area contributed by atoms with E-state index in [1.807, 2.05) is 107 Å². The number of nitrogens with zero attached hydrogens (tertiary/aromatic N) is 8. The molecule has 0 saturated carbocycles. The third kappa shape index (κ3) is 11.9. The Balaban J connectivity index is 0.000000250. The van der Waals surface area contributed by atoms with Gasteiger partial charge in [0.15, 0.2) is 28.8 Å². The molecule has 0 spiro atoms. The fourth-order valence-electron chi connectivity index (χ4n) is 8.33. The Morgan fingerprint density at radius 3 is 1.31 bits per heavy atom. The van der Waals surface area contributed by atoms with Crippen LogP contribution in [0.1, 0.15) is 64.8 Å². The van der Waals surface area contributed by atoms with Crippen LogP contribution in [0.25, 0.3) is 66.6 Å². The van der Waals surface area contributed by atoms with Gasteiger partial charge in [-0.05, 0) is 120 Å². The van der Waals surface area contributed by atoms with Crippen LogP contribution in [0, 0.1) is 74.6 Å². The molecule has 67 heavy (non-hydrogen) atoms. The third-order valence-corrected chi connectivity index (χ3v) is 11.2. The number of aryl methyl sites for hydroxylation is 6. The van der Waals surface area contributed by atoms with Crippen molar-refractivity contribution in [1.29, 1.82) is 0 Å². The van der Waals surface area contributed by atoms with Crippen molar-refractivity contribution in [1.82, 2.24) is 29.5 Å². The van der Waals surface area contributed by atoms with E-state index in [4.69, 9.17) is 23.4 Å². The van der Waals surface area contributed by atoms with Gasteiger partial charge >= 0.3 is 0 Å². The Bertz CT molecular complexity index is 2830. The molecule has 6 aromatic carbocycles. The molecule has 2 unspecified atom stereocenters. The van der Waals surface area contributed by atoms with E-state index in [9.17, 15) is 0 Å². The van der Waals surface area contributed by atoms with Crippen molar-refractivity contribution in [2.24, 2.45) is 0 Å². The average molecular weight is 1240 g/mol. The van der Waals surface area contributed by atoms with Gasteiger partial charge in [-0.25, -0.2) is 9.69 Å². The van der Waals surface area contributed by atoms with Crippen LogP contribution < -0.4 is 0 Å². The van der Waals surface area contributed by atoms with E-state index in [1.165, 1.54) is 0 Å². The largest absolute Gasteiger partial charge is 0.393 e. The van der Waals surface area contributed by atoms with Gasteiger partial charge in [0, 0.05) is 68.3 Å². The molecule has 0 amide bonds. The summed E-state index contributed by atoms with van der Waals surface area (Å²) in [6.45, 7) is 35.0. The van der Waals surface area contributed by atoms with Crippen molar-refractivity contribution in [2.75, 3.05) is 0 Å². The Morgan fingerprint density at radius 1 is 0.507 bits per heavy atom.